The topological polar surface area (TPSA) is 57.9 Å². The summed E-state index contributed by atoms with van der Waals surface area (Å²) in [6.45, 7) is 13.6. The van der Waals surface area contributed by atoms with Crippen LogP contribution in [0.3, 0.4) is 0 Å². The van der Waals surface area contributed by atoms with E-state index in [1.165, 1.54) is 13.1 Å². The summed E-state index contributed by atoms with van der Waals surface area (Å²) in [5.41, 5.74) is 6.11. The molecule has 0 aliphatic carbocycles. The summed E-state index contributed by atoms with van der Waals surface area (Å²) in [5.74, 6) is 0.0942. The number of aryl methyl sites for hydroxylation is 2. The van der Waals surface area contributed by atoms with Gasteiger partial charge in [0.15, 0.2) is 0 Å². The maximum absolute atomic E-state index is 13.2. The van der Waals surface area contributed by atoms with E-state index in [0.717, 1.165) is 73.0 Å². The summed E-state index contributed by atoms with van der Waals surface area (Å²) in [6.07, 6.45) is 2.01. The molecule has 5 rings (SSSR count). The Morgan fingerprint density at radius 2 is 1.61 bits per heavy atom. The van der Waals surface area contributed by atoms with Crippen LogP contribution in [0.4, 0.5) is 5.69 Å². The second kappa shape index (κ2) is 10.7. The van der Waals surface area contributed by atoms with Crippen LogP contribution in [-0.4, -0.2) is 98.7 Å². The van der Waals surface area contributed by atoms with Crippen molar-refractivity contribution in [1.82, 2.24) is 25.0 Å². The Hall–Kier alpha value is -2.45. The number of nitrogens with zero attached hydrogens (tertiary/aromatic N) is 4. The van der Waals surface area contributed by atoms with Crippen LogP contribution >= 0.6 is 0 Å². The van der Waals surface area contributed by atoms with Crippen molar-refractivity contribution >= 4 is 23.2 Å². The van der Waals surface area contributed by atoms with Gasteiger partial charge in [-0.1, -0.05) is 18.2 Å². The van der Waals surface area contributed by atoms with Gasteiger partial charge < -0.3 is 20.1 Å². The molecule has 2 aromatic rings. The van der Waals surface area contributed by atoms with Gasteiger partial charge in [-0.3, -0.25) is 14.6 Å². The average Bonchev–Trinajstić information content (AvgIpc) is 3.27. The molecular weight excluding hydrogens is 412 g/mol. The van der Waals surface area contributed by atoms with Crippen molar-refractivity contribution < 1.29 is 4.79 Å². The fraction of sp³-hybridized carbons (Fsp3) is 0.500. The summed E-state index contributed by atoms with van der Waals surface area (Å²) < 4.78 is 0. The normalized spacial score (nSPS) is 21.3. The highest BCUT2D eigenvalue weighted by Crippen LogP contribution is 2.38. The first-order chi connectivity index (χ1) is 15.9. The van der Waals surface area contributed by atoms with Crippen molar-refractivity contribution in [3.05, 3.63) is 52.8 Å². The SMILES string of the molecule is CN1CCNCC1.Cc1cc(C)c(C=C2C(=O)N(CN3CCN(C)CC3)c3ccccc32)[nH]1. The lowest BCUT2D eigenvalue weighted by Gasteiger charge is -2.34. The third kappa shape index (κ3) is 5.73. The number of fused-ring (bicyclic) bond motifs is 1. The van der Waals surface area contributed by atoms with Crippen LogP contribution in [0.5, 0.6) is 0 Å². The molecule has 7 heteroatoms. The molecule has 33 heavy (non-hydrogen) atoms. The van der Waals surface area contributed by atoms with E-state index in [9.17, 15) is 4.79 Å². The van der Waals surface area contributed by atoms with Crippen LogP contribution in [0.1, 0.15) is 22.5 Å². The average molecular weight is 451 g/mol. The molecule has 178 valence electrons. The van der Waals surface area contributed by atoms with Crippen LogP contribution in [0.2, 0.25) is 0 Å². The lowest BCUT2D eigenvalue weighted by molar-refractivity contribution is -0.113. The molecule has 2 fully saturated rings. The van der Waals surface area contributed by atoms with Crippen molar-refractivity contribution in [2.24, 2.45) is 0 Å². The number of hydrogen-bond acceptors (Lipinski definition) is 5. The minimum absolute atomic E-state index is 0.0942. The molecule has 1 aromatic carbocycles. The van der Waals surface area contributed by atoms with Gasteiger partial charge in [0, 0.05) is 69.3 Å². The predicted molar refractivity (Wildman–Crippen MR) is 136 cm³/mol. The highest BCUT2D eigenvalue weighted by molar-refractivity contribution is 6.35. The molecule has 2 N–H and O–H groups in total. The third-order valence-electron chi connectivity index (χ3n) is 6.72. The summed E-state index contributed by atoms with van der Waals surface area (Å²) in [5, 5.41) is 3.27. The molecule has 2 saturated heterocycles. The number of H-pyrrole nitrogens is 1. The van der Waals surface area contributed by atoms with Crippen molar-refractivity contribution in [2.45, 2.75) is 13.8 Å². The van der Waals surface area contributed by atoms with Gasteiger partial charge in [-0.2, -0.15) is 0 Å². The van der Waals surface area contributed by atoms with Gasteiger partial charge in [-0.15, -0.1) is 0 Å². The van der Waals surface area contributed by atoms with Gasteiger partial charge in [-0.05, 0) is 51.7 Å². The zero-order chi connectivity index (χ0) is 23.4. The Balaban J connectivity index is 0.000000318. The van der Waals surface area contributed by atoms with Gasteiger partial charge in [-0.25, -0.2) is 0 Å². The number of benzene rings is 1. The van der Waals surface area contributed by atoms with Crippen molar-refractivity contribution in [2.75, 3.05) is 78.0 Å². The van der Waals surface area contributed by atoms with Gasteiger partial charge in [0.25, 0.3) is 5.91 Å². The molecule has 7 nitrogen and oxygen atoms in total. The van der Waals surface area contributed by atoms with Gasteiger partial charge >= 0.3 is 0 Å². The Kier molecular flexibility index (Phi) is 7.65. The summed E-state index contributed by atoms with van der Waals surface area (Å²) in [7, 11) is 4.30. The molecule has 1 amide bonds. The number of para-hydroxylation sites is 1. The number of rotatable bonds is 3. The molecule has 3 aliphatic rings. The number of piperazine rings is 2. The van der Waals surface area contributed by atoms with E-state index in [4.69, 9.17) is 0 Å². The minimum Gasteiger partial charge on any atom is -0.359 e. The molecule has 0 spiro atoms. The number of amides is 1. The quantitative estimate of drug-likeness (QED) is 0.703. The predicted octanol–water partition coefficient (Wildman–Crippen LogP) is 2.25. The Morgan fingerprint density at radius 1 is 0.939 bits per heavy atom. The number of likely N-dealkylation sites (N-methyl/N-ethyl adjacent to an activating group) is 2. The Bertz CT molecular complexity index is 982. The second-order valence-electron chi connectivity index (χ2n) is 9.47. The number of aromatic amines is 1. The van der Waals surface area contributed by atoms with Crippen LogP contribution < -0.4 is 10.2 Å². The molecular formula is C26H38N6O. The number of anilines is 1. The molecule has 1 aromatic heterocycles. The first-order valence-electron chi connectivity index (χ1n) is 12.0. The van der Waals surface area contributed by atoms with E-state index in [0.29, 0.717) is 6.67 Å². The maximum atomic E-state index is 13.2. The molecule has 0 unspecified atom stereocenters. The highest BCUT2D eigenvalue weighted by Gasteiger charge is 2.33. The van der Waals surface area contributed by atoms with Crippen LogP contribution in [0.25, 0.3) is 11.6 Å². The fourth-order valence-corrected chi connectivity index (χ4v) is 4.60. The number of nitrogens with one attached hydrogen (secondary N) is 2. The molecule has 0 radical (unpaired) electrons. The molecule has 0 saturated carbocycles. The zero-order valence-electron chi connectivity index (χ0n) is 20.5. The molecule has 3 aliphatic heterocycles. The van der Waals surface area contributed by atoms with Gasteiger partial charge in [0.1, 0.15) is 0 Å². The standard InChI is InChI=1S/C21H26N4O.C5H12N2/c1-15-12-16(2)22-19(15)13-18-17-6-4-5-7-20(17)25(21(18)26)14-24-10-8-23(3)9-11-24;1-7-4-2-6-3-5-7/h4-7,12-13,22H,8-11,14H2,1-3H3;6H,2-5H2,1H3. The number of carbonyl (C=O) groups excluding carboxylic acids is 1. The fourth-order valence-electron chi connectivity index (χ4n) is 4.60. The molecule has 0 atom stereocenters. The van der Waals surface area contributed by atoms with E-state index in [1.807, 2.05) is 36.1 Å². The van der Waals surface area contributed by atoms with E-state index in [-0.39, 0.29) is 5.91 Å². The van der Waals surface area contributed by atoms with Crippen molar-refractivity contribution in [1.29, 1.82) is 0 Å². The summed E-state index contributed by atoms with van der Waals surface area (Å²) in [4.78, 5) is 25.5. The third-order valence-corrected chi connectivity index (χ3v) is 6.72. The number of hydrogen-bond donors (Lipinski definition) is 2. The Morgan fingerprint density at radius 3 is 2.21 bits per heavy atom. The number of carbonyl (C=O) groups is 1. The maximum Gasteiger partial charge on any atom is 0.260 e. The lowest BCUT2D eigenvalue weighted by atomic mass is 10.1. The largest absolute Gasteiger partial charge is 0.359 e. The minimum atomic E-state index is 0.0942. The second-order valence-corrected chi connectivity index (χ2v) is 9.47. The smallest absolute Gasteiger partial charge is 0.260 e. The summed E-state index contributed by atoms with van der Waals surface area (Å²) in [6, 6.07) is 10.2. The van der Waals surface area contributed by atoms with Gasteiger partial charge in [0.2, 0.25) is 0 Å². The van der Waals surface area contributed by atoms with E-state index in [1.54, 1.807) is 0 Å². The van der Waals surface area contributed by atoms with Crippen molar-refractivity contribution in [3.8, 4) is 0 Å². The highest BCUT2D eigenvalue weighted by atomic mass is 16.2. The van der Waals surface area contributed by atoms with E-state index >= 15 is 0 Å². The summed E-state index contributed by atoms with van der Waals surface area (Å²) >= 11 is 0. The molecule has 0 bridgehead atoms. The monoisotopic (exact) mass is 450 g/mol. The first kappa shape index (κ1) is 23.7. The Labute approximate surface area is 198 Å². The number of aromatic nitrogens is 1. The lowest BCUT2D eigenvalue weighted by Crippen LogP contribution is -2.49. The first-order valence-corrected chi connectivity index (χ1v) is 12.0. The zero-order valence-corrected chi connectivity index (χ0v) is 20.5. The van der Waals surface area contributed by atoms with Gasteiger partial charge in [0.05, 0.1) is 17.9 Å². The van der Waals surface area contributed by atoms with E-state index < -0.39 is 0 Å². The van der Waals surface area contributed by atoms with Crippen LogP contribution in [0.15, 0.2) is 30.3 Å². The van der Waals surface area contributed by atoms with Crippen LogP contribution in [0, 0.1) is 13.8 Å². The van der Waals surface area contributed by atoms with Crippen LogP contribution in [-0.2, 0) is 4.79 Å². The van der Waals surface area contributed by atoms with Crippen molar-refractivity contribution in [3.63, 3.8) is 0 Å². The van der Waals surface area contributed by atoms with E-state index in [2.05, 4.69) is 58.2 Å². The molecule has 4 heterocycles.